The van der Waals surface area contributed by atoms with Crippen LogP contribution in [0.5, 0.6) is 0 Å². The molecule has 0 saturated heterocycles. The van der Waals surface area contributed by atoms with Crippen LogP contribution in [0.3, 0.4) is 0 Å². The standard InChI is InChI=1S/C16H14BrN5O/c1-3-21-14(6-7-19-21)22-15-11-8-10(17)4-5-12(11)18-9-13(15)20(2)16(22)23/h4-9H,3H2,1-2H3. The van der Waals surface area contributed by atoms with Crippen molar-refractivity contribution in [3.63, 3.8) is 0 Å². The first-order valence-electron chi connectivity index (χ1n) is 7.29. The molecule has 0 amide bonds. The largest absolute Gasteiger partial charge is 0.334 e. The van der Waals surface area contributed by atoms with Gasteiger partial charge in [0.05, 0.1) is 28.9 Å². The van der Waals surface area contributed by atoms with Crippen molar-refractivity contribution in [3.8, 4) is 5.82 Å². The van der Waals surface area contributed by atoms with Gasteiger partial charge in [-0.15, -0.1) is 0 Å². The number of aryl methyl sites for hydroxylation is 2. The minimum atomic E-state index is -0.107. The highest BCUT2D eigenvalue weighted by atomic mass is 79.9. The number of hydrogen-bond donors (Lipinski definition) is 0. The summed E-state index contributed by atoms with van der Waals surface area (Å²) in [5.41, 5.74) is 2.38. The SMILES string of the molecule is CCn1nccc1-n1c(=O)n(C)c2cnc3ccc(Br)cc3c21. The Morgan fingerprint density at radius 2 is 2.09 bits per heavy atom. The van der Waals surface area contributed by atoms with E-state index in [-0.39, 0.29) is 5.69 Å². The number of benzene rings is 1. The van der Waals surface area contributed by atoms with Crippen LogP contribution in [0, 0.1) is 0 Å². The highest BCUT2D eigenvalue weighted by Crippen LogP contribution is 2.27. The number of halogens is 1. The van der Waals surface area contributed by atoms with Crippen LogP contribution in [0.1, 0.15) is 6.92 Å². The monoisotopic (exact) mass is 371 g/mol. The van der Waals surface area contributed by atoms with E-state index in [4.69, 9.17) is 0 Å². The van der Waals surface area contributed by atoms with Crippen molar-refractivity contribution in [2.75, 3.05) is 0 Å². The minimum Gasteiger partial charge on any atom is -0.293 e. The maximum atomic E-state index is 12.8. The third-order valence-electron chi connectivity index (χ3n) is 4.07. The van der Waals surface area contributed by atoms with Crippen molar-refractivity contribution in [1.82, 2.24) is 23.9 Å². The molecule has 7 heteroatoms. The van der Waals surface area contributed by atoms with Crippen LogP contribution in [-0.4, -0.2) is 23.9 Å². The second-order valence-corrected chi connectivity index (χ2v) is 6.25. The van der Waals surface area contributed by atoms with Gasteiger partial charge in [-0.1, -0.05) is 15.9 Å². The molecule has 6 nitrogen and oxygen atoms in total. The molecule has 23 heavy (non-hydrogen) atoms. The normalized spacial score (nSPS) is 11.6. The van der Waals surface area contributed by atoms with Crippen molar-refractivity contribution in [2.24, 2.45) is 7.05 Å². The van der Waals surface area contributed by atoms with E-state index in [0.29, 0.717) is 6.54 Å². The van der Waals surface area contributed by atoms with Gasteiger partial charge < -0.3 is 0 Å². The van der Waals surface area contributed by atoms with E-state index >= 15 is 0 Å². The lowest BCUT2D eigenvalue weighted by molar-refractivity contribution is 0.634. The van der Waals surface area contributed by atoms with Gasteiger partial charge in [-0.3, -0.25) is 9.55 Å². The van der Waals surface area contributed by atoms with Gasteiger partial charge in [0, 0.05) is 29.5 Å². The molecule has 3 aromatic heterocycles. The van der Waals surface area contributed by atoms with Crippen LogP contribution in [0.15, 0.2) is 45.9 Å². The Hall–Kier alpha value is -2.41. The number of aromatic nitrogens is 5. The summed E-state index contributed by atoms with van der Waals surface area (Å²) >= 11 is 3.51. The summed E-state index contributed by atoms with van der Waals surface area (Å²) in [6.07, 6.45) is 3.46. The topological polar surface area (TPSA) is 57.6 Å². The first kappa shape index (κ1) is 14.2. The van der Waals surface area contributed by atoms with Crippen molar-refractivity contribution in [1.29, 1.82) is 0 Å². The summed E-state index contributed by atoms with van der Waals surface area (Å²) in [7, 11) is 1.76. The maximum absolute atomic E-state index is 12.8. The fourth-order valence-corrected chi connectivity index (χ4v) is 3.30. The number of nitrogens with zero attached hydrogens (tertiary/aromatic N) is 5. The Kier molecular flexibility index (Phi) is 3.12. The van der Waals surface area contributed by atoms with Gasteiger partial charge in [0.15, 0.2) is 0 Å². The molecule has 0 atom stereocenters. The maximum Gasteiger partial charge on any atom is 0.334 e. The van der Waals surface area contributed by atoms with Gasteiger partial charge in [-0.05, 0) is 25.1 Å². The van der Waals surface area contributed by atoms with Crippen molar-refractivity contribution < 1.29 is 0 Å². The van der Waals surface area contributed by atoms with Crippen molar-refractivity contribution in [3.05, 3.63) is 51.6 Å². The first-order chi connectivity index (χ1) is 11.1. The summed E-state index contributed by atoms with van der Waals surface area (Å²) in [5, 5.41) is 5.22. The van der Waals surface area contributed by atoms with Crippen LogP contribution in [0.4, 0.5) is 0 Å². The van der Waals surface area contributed by atoms with E-state index in [2.05, 4.69) is 26.0 Å². The third-order valence-corrected chi connectivity index (χ3v) is 4.56. The second kappa shape index (κ2) is 5.06. The van der Waals surface area contributed by atoms with Gasteiger partial charge in [-0.25, -0.2) is 14.0 Å². The Morgan fingerprint density at radius 3 is 2.87 bits per heavy atom. The van der Waals surface area contributed by atoms with Crippen LogP contribution in [0.25, 0.3) is 27.8 Å². The van der Waals surface area contributed by atoms with E-state index < -0.39 is 0 Å². The zero-order valence-corrected chi connectivity index (χ0v) is 14.3. The van der Waals surface area contributed by atoms with Gasteiger partial charge in [0.2, 0.25) is 0 Å². The minimum absolute atomic E-state index is 0.107. The van der Waals surface area contributed by atoms with E-state index in [0.717, 1.165) is 32.2 Å². The number of hydrogen-bond acceptors (Lipinski definition) is 3. The Morgan fingerprint density at radius 1 is 1.26 bits per heavy atom. The van der Waals surface area contributed by atoms with Crippen LogP contribution >= 0.6 is 15.9 Å². The molecule has 0 radical (unpaired) electrons. The predicted octanol–water partition coefficient (Wildman–Crippen LogP) is 2.86. The summed E-state index contributed by atoms with van der Waals surface area (Å²) in [6, 6.07) is 7.74. The molecule has 0 aliphatic heterocycles. The molecular weight excluding hydrogens is 358 g/mol. The fourth-order valence-electron chi connectivity index (χ4n) is 2.94. The zero-order valence-electron chi connectivity index (χ0n) is 12.7. The quantitative estimate of drug-likeness (QED) is 0.544. The lowest BCUT2D eigenvalue weighted by Gasteiger charge is -2.07. The molecule has 0 fully saturated rings. The van der Waals surface area contributed by atoms with E-state index in [1.54, 1.807) is 28.6 Å². The average Bonchev–Trinajstić information content (AvgIpc) is 3.11. The summed E-state index contributed by atoms with van der Waals surface area (Å²) in [5.74, 6) is 0.760. The van der Waals surface area contributed by atoms with Gasteiger partial charge >= 0.3 is 5.69 Å². The Balaban J connectivity index is 2.25. The molecule has 3 heterocycles. The summed E-state index contributed by atoms with van der Waals surface area (Å²) in [4.78, 5) is 17.3. The molecule has 1 aromatic carbocycles. The van der Waals surface area contributed by atoms with Crippen LogP contribution < -0.4 is 5.69 Å². The number of fused-ring (bicyclic) bond motifs is 3. The number of pyridine rings is 1. The first-order valence-corrected chi connectivity index (χ1v) is 8.09. The highest BCUT2D eigenvalue weighted by Gasteiger charge is 2.18. The molecule has 0 spiro atoms. The van der Waals surface area contributed by atoms with E-state index in [9.17, 15) is 4.79 Å². The molecular formula is C16H14BrN5O. The number of imidazole rings is 1. The van der Waals surface area contributed by atoms with E-state index in [1.807, 2.05) is 35.9 Å². The van der Waals surface area contributed by atoms with Crippen LogP contribution in [-0.2, 0) is 13.6 Å². The molecule has 0 unspecified atom stereocenters. The molecule has 4 aromatic rings. The highest BCUT2D eigenvalue weighted by molar-refractivity contribution is 9.10. The third kappa shape index (κ3) is 1.96. The Labute approximate surface area is 140 Å². The second-order valence-electron chi connectivity index (χ2n) is 5.34. The Bertz CT molecular complexity index is 1110. The van der Waals surface area contributed by atoms with Crippen LogP contribution in [0.2, 0.25) is 0 Å². The molecule has 0 saturated carbocycles. The average molecular weight is 372 g/mol. The predicted molar refractivity (Wildman–Crippen MR) is 93.0 cm³/mol. The summed E-state index contributed by atoms with van der Waals surface area (Å²) in [6.45, 7) is 2.70. The smallest absolute Gasteiger partial charge is 0.293 e. The molecule has 4 rings (SSSR count). The molecule has 0 N–H and O–H groups in total. The van der Waals surface area contributed by atoms with Gasteiger partial charge in [-0.2, -0.15) is 5.10 Å². The van der Waals surface area contributed by atoms with Gasteiger partial charge in [0.1, 0.15) is 5.82 Å². The molecule has 116 valence electrons. The molecule has 0 aliphatic rings. The molecule has 0 aliphatic carbocycles. The lowest BCUT2D eigenvalue weighted by atomic mass is 10.2. The molecule has 0 bridgehead atoms. The lowest BCUT2D eigenvalue weighted by Crippen LogP contribution is -2.23. The summed E-state index contributed by atoms with van der Waals surface area (Å²) < 4.78 is 6.09. The van der Waals surface area contributed by atoms with Crippen molar-refractivity contribution >= 4 is 37.9 Å². The fraction of sp³-hybridized carbons (Fsp3) is 0.188. The van der Waals surface area contributed by atoms with E-state index in [1.165, 1.54) is 0 Å². The van der Waals surface area contributed by atoms with Gasteiger partial charge in [0.25, 0.3) is 0 Å². The number of rotatable bonds is 2. The van der Waals surface area contributed by atoms with Crippen molar-refractivity contribution in [2.45, 2.75) is 13.5 Å². The zero-order chi connectivity index (χ0) is 16.1.